The summed E-state index contributed by atoms with van der Waals surface area (Å²) in [6, 6.07) is 1.43. The molecule has 0 fully saturated rings. The van der Waals surface area contributed by atoms with E-state index in [-0.39, 0.29) is 54.5 Å². The number of aliphatic carboxylic acids is 1. The number of nitrogens with zero attached hydrogens (tertiary/aromatic N) is 1. The maximum atomic E-state index is 10.8. The molecule has 0 saturated carbocycles. The summed E-state index contributed by atoms with van der Waals surface area (Å²) in [5.74, 6) is -1.27. The van der Waals surface area contributed by atoms with Crippen LogP contribution in [0.15, 0.2) is 6.07 Å². The average Bonchev–Trinajstić information content (AvgIpc) is 2.45. The third kappa shape index (κ3) is 14.8. The van der Waals surface area contributed by atoms with Gasteiger partial charge >= 0.3 is 0 Å². The van der Waals surface area contributed by atoms with E-state index in [0.29, 0.717) is 13.2 Å². The molecule has 135 valence electrons. The minimum Gasteiger partial charge on any atom is -0.503 e. The SMILES string of the molecule is CC.[CH2-]C(=O)Nc1nc(OCCOC)c(Cl)cc1Cl.[CH2-]C(=O)O.[Y]. The standard InChI is InChI=1S/C10H11Cl2N2O3.C2H3O2.C2H6.Y/c1-6(15)13-9-7(11)5-8(12)10(14-9)17-4-3-16-2;1-2(3)4;1-2;/h5H,1,3-4H2,2H3,(H,13,14,15);1H2,(H,3,4);1-2H3;/q2*-1;;. The molecule has 2 N–H and O–H groups in total. The minimum atomic E-state index is -1.08. The second kappa shape index (κ2) is 17.1. The van der Waals surface area contributed by atoms with E-state index >= 15 is 0 Å². The number of methoxy groups -OCH3 is 1. The molecule has 0 spiro atoms. The number of rotatable bonds is 5. The number of carbonyl (C=O) groups excluding carboxylic acids is 1. The van der Waals surface area contributed by atoms with E-state index in [1.807, 2.05) is 13.8 Å². The van der Waals surface area contributed by atoms with E-state index in [1.54, 1.807) is 7.11 Å². The van der Waals surface area contributed by atoms with Crippen LogP contribution in [0.25, 0.3) is 0 Å². The Bertz CT molecular complexity index is 500. The zero-order chi connectivity index (χ0) is 18.4. The fraction of sp³-hybridized carbons (Fsp3) is 0.357. The molecule has 0 aliphatic rings. The third-order valence-electron chi connectivity index (χ3n) is 1.68. The smallest absolute Gasteiger partial charge is 0.234 e. The van der Waals surface area contributed by atoms with E-state index in [2.05, 4.69) is 24.1 Å². The predicted molar refractivity (Wildman–Crippen MR) is 90.0 cm³/mol. The molecule has 1 aromatic rings. The van der Waals surface area contributed by atoms with Gasteiger partial charge < -0.3 is 31.6 Å². The van der Waals surface area contributed by atoms with Crippen LogP contribution in [0.1, 0.15) is 13.8 Å². The number of hydrogen-bond acceptors (Lipinski definition) is 5. The van der Waals surface area contributed by atoms with Gasteiger partial charge in [-0.15, -0.1) is 0 Å². The molecule has 7 nitrogen and oxygen atoms in total. The summed E-state index contributed by atoms with van der Waals surface area (Å²) >= 11 is 11.7. The average molecular weight is 456 g/mol. The van der Waals surface area contributed by atoms with Crippen LogP contribution in [0.3, 0.4) is 0 Å². The molecule has 1 amide bonds. The Morgan fingerprint density at radius 1 is 1.25 bits per heavy atom. The first-order valence-corrected chi connectivity index (χ1v) is 7.19. The van der Waals surface area contributed by atoms with Crippen LogP contribution in [-0.2, 0) is 47.0 Å². The molecule has 0 atom stereocenters. The largest absolute Gasteiger partial charge is 0.503 e. The Labute approximate surface area is 177 Å². The molecular formula is C14H20Cl2N2O5Y-2. The first kappa shape index (κ1) is 28.1. The van der Waals surface area contributed by atoms with Crippen molar-refractivity contribution in [1.82, 2.24) is 4.98 Å². The van der Waals surface area contributed by atoms with Crippen LogP contribution >= 0.6 is 23.2 Å². The van der Waals surface area contributed by atoms with Crippen molar-refractivity contribution in [2.24, 2.45) is 0 Å². The van der Waals surface area contributed by atoms with Crippen LogP contribution in [0.2, 0.25) is 10.0 Å². The Balaban J connectivity index is -0.000000551. The van der Waals surface area contributed by atoms with Crippen LogP contribution in [-0.4, -0.2) is 42.3 Å². The van der Waals surface area contributed by atoms with Crippen LogP contribution in [0, 0.1) is 13.8 Å². The van der Waals surface area contributed by atoms with Gasteiger partial charge in [0.25, 0.3) is 0 Å². The van der Waals surface area contributed by atoms with Gasteiger partial charge in [0.05, 0.1) is 17.5 Å². The van der Waals surface area contributed by atoms with Crippen molar-refractivity contribution in [2.75, 3.05) is 25.6 Å². The van der Waals surface area contributed by atoms with Crippen molar-refractivity contribution < 1.29 is 56.9 Å². The van der Waals surface area contributed by atoms with Gasteiger partial charge in [0.2, 0.25) is 5.88 Å². The van der Waals surface area contributed by atoms with Gasteiger partial charge in [0, 0.05) is 39.8 Å². The first-order chi connectivity index (χ1) is 10.8. The van der Waals surface area contributed by atoms with E-state index in [0.717, 1.165) is 0 Å². The number of halogens is 2. The number of anilines is 1. The Morgan fingerprint density at radius 3 is 2.17 bits per heavy atom. The summed E-state index contributed by atoms with van der Waals surface area (Å²) < 4.78 is 10.1. The van der Waals surface area contributed by atoms with Gasteiger partial charge in [-0.3, -0.25) is 11.7 Å². The van der Waals surface area contributed by atoms with Gasteiger partial charge in [-0.1, -0.05) is 37.0 Å². The summed E-state index contributed by atoms with van der Waals surface area (Å²) in [6.45, 7) is 10.4. The molecule has 24 heavy (non-hydrogen) atoms. The predicted octanol–water partition coefficient (Wildman–Crippen LogP) is 3.11. The number of carboxylic acid groups (broad SMARTS) is 1. The summed E-state index contributed by atoms with van der Waals surface area (Å²) in [6.07, 6.45) is 0. The van der Waals surface area contributed by atoms with E-state index in [4.69, 9.17) is 42.6 Å². The third-order valence-corrected chi connectivity index (χ3v) is 2.24. The summed E-state index contributed by atoms with van der Waals surface area (Å²) in [5.41, 5.74) is 0. The van der Waals surface area contributed by atoms with Crippen molar-refractivity contribution in [3.05, 3.63) is 30.0 Å². The number of nitrogens with one attached hydrogen (secondary N) is 1. The fourth-order valence-electron chi connectivity index (χ4n) is 0.992. The summed E-state index contributed by atoms with van der Waals surface area (Å²) in [5, 5.41) is 10.1. The van der Waals surface area contributed by atoms with Gasteiger partial charge in [-0.2, -0.15) is 4.98 Å². The molecule has 0 aliphatic heterocycles. The maximum Gasteiger partial charge on any atom is 0.234 e. The number of pyridine rings is 1. The molecule has 0 aliphatic carbocycles. The van der Waals surface area contributed by atoms with E-state index in [1.165, 1.54) is 6.07 Å². The van der Waals surface area contributed by atoms with Gasteiger partial charge in [-0.25, -0.2) is 0 Å². The molecule has 0 unspecified atom stereocenters. The second-order valence-corrected chi connectivity index (χ2v) is 4.20. The zero-order valence-electron chi connectivity index (χ0n) is 13.8. The van der Waals surface area contributed by atoms with E-state index in [9.17, 15) is 4.79 Å². The molecule has 0 bridgehead atoms. The molecule has 0 saturated heterocycles. The normalized spacial score (nSPS) is 8.38. The van der Waals surface area contributed by atoms with E-state index < -0.39 is 11.9 Å². The molecule has 10 heteroatoms. The number of carboxylic acids is 1. The Kier molecular flexibility index (Phi) is 20.0. The van der Waals surface area contributed by atoms with Crippen molar-refractivity contribution in [3.8, 4) is 5.88 Å². The number of aromatic nitrogens is 1. The number of amides is 1. The molecule has 0 aromatic carbocycles. The van der Waals surface area contributed by atoms with Crippen LogP contribution < -0.4 is 10.1 Å². The zero-order valence-corrected chi connectivity index (χ0v) is 18.1. The van der Waals surface area contributed by atoms with Crippen molar-refractivity contribution in [1.29, 1.82) is 0 Å². The summed E-state index contributed by atoms with van der Waals surface area (Å²) in [7, 11) is 1.55. The van der Waals surface area contributed by atoms with Gasteiger partial charge in [-0.05, 0) is 6.07 Å². The molecule has 1 radical (unpaired) electrons. The first-order valence-electron chi connectivity index (χ1n) is 6.43. The van der Waals surface area contributed by atoms with Crippen molar-refractivity contribution in [3.63, 3.8) is 0 Å². The Morgan fingerprint density at radius 2 is 1.75 bits per heavy atom. The fourth-order valence-corrected chi connectivity index (χ4v) is 1.45. The molecule has 1 aromatic heterocycles. The van der Waals surface area contributed by atoms with Crippen LogP contribution in [0.4, 0.5) is 5.82 Å². The summed E-state index contributed by atoms with van der Waals surface area (Å²) in [4.78, 5) is 23.7. The minimum absolute atomic E-state index is 0. The second-order valence-electron chi connectivity index (χ2n) is 3.39. The van der Waals surface area contributed by atoms with Crippen LogP contribution in [0.5, 0.6) is 5.88 Å². The number of hydrogen-bond donors (Lipinski definition) is 2. The van der Waals surface area contributed by atoms with Gasteiger partial charge in [0.1, 0.15) is 11.6 Å². The number of carbonyl (C=O) groups is 2. The quantitative estimate of drug-likeness (QED) is 0.522. The monoisotopic (exact) mass is 455 g/mol. The van der Waals surface area contributed by atoms with Crippen molar-refractivity contribution >= 4 is 40.9 Å². The van der Waals surface area contributed by atoms with Crippen molar-refractivity contribution in [2.45, 2.75) is 13.8 Å². The topological polar surface area (TPSA) is 97.8 Å². The molecule has 1 rings (SSSR count). The molecule has 1 heterocycles. The van der Waals surface area contributed by atoms with Gasteiger partial charge in [0.15, 0.2) is 11.8 Å². The Hall–Kier alpha value is -0.726. The number of ether oxygens (including phenoxy) is 2. The maximum absolute atomic E-state index is 10.8. The molecular weight excluding hydrogens is 436 g/mol.